The Bertz CT molecular complexity index is 783. The smallest absolute Gasteiger partial charge is 0.255 e. The van der Waals surface area contributed by atoms with Crippen molar-refractivity contribution in [2.75, 3.05) is 29.0 Å². The minimum absolute atomic E-state index is 0.173. The largest absolute Gasteiger partial charge is 0.397 e. The molecule has 1 fully saturated rings. The van der Waals surface area contributed by atoms with Crippen molar-refractivity contribution >= 4 is 34.6 Å². The highest BCUT2D eigenvalue weighted by Gasteiger charge is 2.20. The third-order valence-electron chi connectivity index (χ3n) is 4.77. The molecule has 2 aromatic carbocycles. The van der Waals surface area contributed by atoms with Crippen LogP contribution in [0.25, 0.3) is 0 Å². The van der Waals surface area contributed by atoms with Gasteiger partial charge in [-0.25, -0.2) is 0 Å². The van der Waals surface area contributed by atoms with Gasteiger partial charge in [0.05, 0.1) is 22.1 Å². The Morgan fingerprint density at radius 2 is 1.96 bits per heavy atom. The first-order valence-corrected chi connectivity index (χ1v) is 9.04. The van der Waals surface area contributed by atoms with Crippen molar-refractivity contribution < 1.29 is 4.79 Å². The maximum absolute atomic E-state index is 12.5. The van der Waals surface area contributed by atoms with Gasteiger partial charge in [-0.15, -0.1) is 0 Å². The van der Waals surface area contributed by atoms with Crippen LogP contribution in [-0.4, -0.2) is 19.0 Å². The number of benzene rings is 2. The molecule has 0 radical (unpaired) electrons. The van der Waals surface area contributed by atoms with Gasteiger partial charge in [-0.3, -0.25) is 4.79 Å². The molecule has 1 aliphatic heterocycles. The molecular formula is C20H24ClN3O. The van der Waals surface area contributed by atoms with Crippen LogP contribution in [0.3, 0.4) is 0 Å². The minimum atomic E-state index is -0.173. The molecule has 5 heteroatoms. The number of hydrogen-bond acceptors (Lipinski definition) is 3. The molecule has 1 amide bonds. The van der Waals surface area contributed by atoms with Crippen molar-refractivity contribution in [2.45, 2.75) is 26.7 Å². The predicted molar refractivity (Wildman–Crippen MR) is 106 cm³/mol. The van der Waals surface area contributed by atoms with E-state index >= 15 is 0 Å². The Morgan fingerprint density at radius 1 is 1.24 bits per heavy atom. The van der Waals surface area contributed by atoms with E-state index < -0.39 is 0 Å². The number of carbonyl (C=O) groups is 1. The van der Waals surface area contributed by atoms with E-state index in [1.807, 2.05) is 31.2 Å². The van der Waals surface area contributed by atoms with E-state index in [1.54, 1.807) is 12.1 Å². The molecule has 25 heavy (non-hydrogen) atoms. The molecule has 132 valence electrons. The fraction of sp³-hybridized carbons (Fsp3) is 0.350. The average molecular weight is 358 g/mol. The summed E-state index contributed by atoms with van der Waals surface area (Å²) in [5, 5.41) is 3.37. The van der Waals surface area contributed by atoms with Gasteiger partial charge in [0, 0.05) is 18.7 Å². The van der Waals surface area contributed by atoms with Crippen LogP contribution in [0, 0.1) is 12.8 Å². The average Bonchev–Trinajstić information content (AvgIpc) is 2.58. The Morgan fingerprint density at radius 3 is 2.64 bits per heavy atom. The number of nitrogens with one attached hydrogen (secondary N) is 1. The Kier molecular flexibility index (Phi) is 5.19. The van der Waals surface area contributed by atoms with E-state index in [2.05, 4.69) is 17.1 Å². The number of nitrogens with zero attached hydrogens (tertiary/aromatic N) is 1. The molecule has 3 rings (SSSR count). The third kappa shape index (κ3) is 4.07. The lowest BCUT2D eigenvalue weighted by atomic mass is 9.98. The molecule has 0 bridgehead atoms. The van der Waals surface area contributed by atoms with Gasteiger partial charge in [0.2, 0.25) is 0 Å². The van der Waals surface area contributed by atoms with Crippen LogP contribution in [-0.2, 0) is 0 Å². The maximum atomic E-state index is 12.5. The van der Waals surface area contributed by atoms with Crippen LogP contribution in [0.2, 0.25) is 5.02 Å². The van der Waals surface area contributed by atoms with E-state index in [0.29, 0.717) is 22.0 Å². The SMILES string of the molecule is Cc1cccc(C(=O)Nc2cc(N3CCC(C)CC3)c(N)cc2Cl)c1. The molecule has 1 aliphatic rings. The Hall–Kier alpha value is -2.20. The maximum Gasteiger partial charge on any atom is 0.255 e. The van der Waals surface area contributed by atoms with E-state index in [0.717, 1.165) is 43.1 Å². The fourth-order valence-electron chi connectivity index (χ4n) is 3.18. The van der Waals surface area contributed by atoms with Crippen LogP contribution < -0.4 is 16.0 Å². The van der Waals surface area contributed by atoms with Gasteiger partial charge in [-0.2, -0.15) is 0 Å². The molecular weight excluding hydrogens is 334 g/mol. The number of aryl methyl sites for hydroxylation is 1. The standard InChI is InChI=1S/C20H24ClN3O/c1-13-6-8-24(9-7-13)19-12-18(16(21)11-17(19)22)23-20(25)15-5-3-4-14(2)10-15/h3-5,10-13H,6-9,22H2,1-2H3,(H,23,25). The number of piperidine rings is 1. The van der Waals surface area contributed by atoms with Crippen LogP contribution in [0.4, 0.5) is 17.1 Å². The number of rotatable bonds is 3. The molecule has 0 aromatic heterocycles. The molecule has 0 spiro atoms. The highest BCUT2D eigenvalue weighted by atomic mass is 35.5. The third-order valence-corrected chi connectivity index (χ3v) is 5.08. The summed E-state index contributed by atoms with van der Waals surface area (Å²) in [6.07, 6.45) is 2.29. The molecule has 4 nitrogen and oxygen atoms in total. The van der Waals surface area contributed by atoms with Crippen LogP contribution in [0.5, 0.6) is 0 Å². The van der Waals surface area contributed by atoms with Crippen molar-refractivity contribution in [2.24, 2.45) is 5.92 Å². The summed E-state index contributed by atoms with van der Waals surface area (Å²) >= 11 is 6.31. The molecule has 2 aromatic rings. The fourth-order valence-corrected chi connectivity index (χ4v) is 3.40. The number of nitrogens with two attached hydrogens (primary N) is 1. The number of carbonyl (C=O) groups excluding carboxylic acids is 1. The summed E-state index contributed by atoms with van der Waals surface area (Å²) in [7, 11) is 0. The van der Waals surface area contributed by atoms with Gasteiger partial charge in [0.15, 0.2) is 0 Å². The van der Waals surface area contributed by atoms with Crippen LogP contribution in [0.1, 0.15) is 35.7 Å². The summed E-state index contributed by atoms with van der Waals surface area (Å²) in [5.74, 6) is 0.568. The Labute approximate surface area is 154 Å². The summed E-state index contributed by atoms with van der Waals surface area (Å²) in [6, 6.07) is 11.1. The monoisotopic (exact) mass is 357 g/mol. The lowest BCUT2D eigenvalue weighted by Crippen LogP contribution is -2.33. The molecule has 3 N–H and O–H groups in total. The number of halogens is 1. The van der Waals surface area contributed by atoms with Crippen LogP contribution >= 0.6 is 11.6 Å². The van der Waals surface area contributed by atoms with Gasteiger partial charge in [0.25, 0.3) is 5.91 Å². The summed E-state index contributed by atoms with van der Waals surface area (Å²) < 4.78 is 0. The number of amides is 1. The second-order valence-corrected chi connectivity index (χ2v) is 7.29. The first kappa shape index (κ1) is 17.6. The molecule has 0 aliphatic carbocycles. The highest BCUT2D eigenvalue weighted by Crippen LogP contribution is 2.35. The molecule has 0 atom stereocenters. The van der Waals surface area contributed by atoms with E-state index in [-0.39, 0.29) is 5.91 Å². The van der Waals surface area contributed by atoms with Gasteiger partial charge in [-0.05, 0) is 49.9 Å². The van der Waals surface area contributed by atoms with Crippen molar-refractivity contribution in [3.05, 3.63) is 52.5 Å². The van der Waals surface area contributed by atoms with Gasteiger partial charge < -0.3 is 16.0 Å². The molecule has 1 heterocycles. The normalized spacial score (nSPS) is 15.2. The predicted octanol–water partition coefficient (Wildman–Crippen LogP) is 4.72. The van der Waals surface area contributed by atoms with Crippen LogP contribution in [0.15, 0.2) is 36.4 Å². The molecule has 0 unspecified atom stereocenters. The van der Waals surface area contributed by atoms with Gasteiger partial charge >= 0.3 is 0 Å². The number of anilines is 3. The second kappa shape index (κ2) is 7.36. The lowest BCUT2D eigenvalue weighted by Gasteiger charge is -2.33. The quantitative estimate of drug-likeness (QED) is 0.781. The first-order chi connectivity index (χ1) is 11.9. The Balaban J connectivity index is 1.84. The zero-order valence-corrected chi connectivity index (χ0v) is 15.4. The number of hydrogen-bond donors (Lipinski definition) is 2. The van der Waals surface area contributed by atoms with Crippen molar-refractivity contribution in [3.8, 4) is 0 Å². The highest BCUT2D eigenvalue weighted by molar-refractivity contribution is 6.34. The number of nitrogen functional groups attached to an aromatic ring is 1. The summed E-state index contributed by atoms with van der Waals surface area (Å²) in [6.45, 7) is 6.18. The van der Waals surface area contributed by atoms with E-state index in [9.17, 15) is 4.79 Å². The molecule has 1 saturated heterocycles. The van der Waals surface area contributed by atoms with Crippen molar-refractivity contribution in [1.82, 2.24) is 0 Å². The topological polar surface area (TPSA) is 58.4 Å². The van der Waals surface area contributed by atoms with E-state index in [1.165, 1.54) is 0 Å². The zero-order valence-electron chi connectivity index (χ0n) is 14.7. The first-order valence-electron chi connectivity index (χ1n) is 8.66. The minimum Gasteiger partial charge on any atom is -0.397 e. The zero-order chi connectivity index (χ0) is 18.0. The van der Waals surface area contributed by atoms with E-state index in [4.69, 9.17) is 17.3 Å². The summed E-state index contributed by atoms with van der Waals surface area (Å²) in [5.41, 5.74) is 10.0. The van der Waals surface area contributed by atoms with Gasteiger partial charge in [-0.1, -0.05) is 36.2 Å². The van der Waals surface area contributed by atoms with Crippen molar-refractivity contribution in [3.63, 3.8) is 0 Å². The molecule has 0 saturated carbocycles. The van der Waals surface area contributed by atoms with Crippen molar-refractivity contribution in [1.29, 1.82) is 0 Å². The van der Waals surface area contributed by atoms with Gasteiger partial charge in [0.1, 0.15) is 0 Å². The lowest BCUT2D eigenvalue weighted by molar-refractivity contribution is 0.102. The second-order valence-electron chi connectivity index (χ2n) is 6.88. The summed E-state index contributed by atoms with van der Waals surface area (Å²) in [4.78, 5) is 14.8.